The molecule has 0 radical (unpaired) electrons. The SMILES string of the molecule is COc1ccc(CN(C(=O)CN2CCC(CO)C2)C2CC2)cc1. The van der Waals surface area contributed by atoms with Crippen LogP contribution in [-0.4, -0.2) is 60.2 Å². The monoisotopic (exact) mass is 318 g/mol. The van der Waals surface area contributed by atoms with Crippen LogP contribution < -0.4 is 4.74 Å². The minimum absolute atomic E-state index is 0.210. The number of nitrogens with zero attached hydrogens (tertiary/aromatic N) is 2. The van der Waals surface area contributed by atoms with Crippen LogP contribution >= 0.6 is 0 Å². The Labute approximate surface area is 137 Å². The van der Waals surface area contributed by atoms with Crippen LogP contribution in [0.1, 0.15) is 24.8 Å². The number of amides is 1. The molecule has 2 fully saturated rings. The first kappa shape index (κ1) is 16.3. The van der Waals surface area contributed by atoms with E-state index >= 15 is 0 Å². The van der Waals surface area contributed by atoms with Crippen LogP contribution in [0.25, 0.3) is 0 Å². The second-order valence-corrected chi connectivity index (χ2v) is 6.67. The summed E-state index contributed by atoms with van der Waals surface area (Å²) in [5.74, 6) is 1.38. The predicted molar refractivity (Wildman–Crippen MR) is 88.2 cm³/mol. The Morgan fingerprint density at radius 2 is 2.04 bits per heavy atom. The molecule has 1 aliphatic heterocycles. The highest BCUT2D eigenvalue weighted by atomic mass is 16.5. The van der Waals surface area contributed by atoms with E-state index < -0.39 is 0 Å². The minimum Gasteiger partial charge on any atom is -0.497 e. The number of methoxy groups -OCH3 is 1. The highest BCUT2D eigenvalue weighted by Gasteiger charge is 2.34. The number of rotatable bonds is 7. The summed E-state index contributed by atoms with van der Waals surface area (Å²) < 4.78 is 5.18. The number of carbonyl (C=O) groups is 1. The summed E-state index contributed by atoms with van der Waals surface area (Å²) in [4.78, 5) is 16.9. The molecule has 1 N–H and O–H groups in total. The van der Waals surface area contributed by atoms with Gasteiger partial charge in [-0.1, -0.05) is 12.1 Å². The smallest absolute Gasteiger partial charge is 0.237 e. The third-order valence-corrected chi connectivity index (χ3v) is 4.81. The topological polar surface area (TPSA) is 53.0 Å². The van der Waals surface area contributed by atoms with Crippen molar-refractivity contribution < 1.29 is 14.6 Å². The molecule has 1 aromatic carbocycles. The van der Waals surface area contributed by atoms with Crippen molar-refractivity contribution in [3.05, 3.63) is 29.8 Å². The predicted octanol–water partition coefficient (Wildman–Crippen LogP) is 1.50. The van der Waals surface area contributed by atoms with E-state index in [1.165, 1.54) is 0 Å². The van der Waals surface area contributed by atoms with Gasteiger partial charge in [-0.05, 0) is 49.4 Å². The van der Waals surface area contributed by atoms with E-state index in [9.17, 15) is 9.90 Å². The number of ether oxygens (including phenoxy) is 1. The number of hydrogen-bond donors (Lipinski definition) is 1. The van der Waals surface area contributed by atoms with Gasteiger partial charge in [-0.25, -0.2) is 0 Å². The molecule has 0 spiro atoms. The zero-order valence-electron chi connectivity index (χ0n) is 13.8. The van der Waals surface area contributed by atoms with Crippen molar-refractivity contribution in [1.82, 2.24) is 9.80 Å². The summed E-state index contributed by atoms with van der Waals surface area (Å²) in [6, 6.07) is 8.34. The van der Waals surface area contributed by atoms with Gasteiger partial charge in [0.2, 0.25) is 5.91 Å². The molecule has 1 saturated carbocycles. The van der Waals surface area contributed by atoms with Crippen LogP contribution in [0.5, 0.6) is 5.75 Å². The van der Waals surface area contributed by atoms with E-state index in [-0.39, 0.29) is 12.5 Å². The van der Waals surface area contributed by atoms with Crippen molar-refractivity contribution in [2.75, 3.05) is 33.4 Å². The van der Waals surface area contributed by atoms with Gasteiger partial charge in [0.1, 0.15) is 5.75 Å². The first-order chi connectivity index (χ1) is 11.2. The first-order valence-corrected chi connectivity index (χ1v) is 8.45. The second-order valence-electron chi connectivity index (χ2n) is 6.67. The molecule has 1 aliphatic carbocycles. The van der Waals surface area contributed by atoms with Gasteiger partial charge in [0.05, 0.1) is 13.7 Å². The fraction of sp³-hybridized carbons (Fsp3) is 0.611. The Morgan fingerprint density at radius 1 is 1.30 bits per heavy atom. The van der Waals surface area contributed by atoms with Crippen LogP contribution in [0.4, 0.5) is 0 Å². The molecule has 0 bridgehead atoms. The molecule has 5 nitrogen and oxygen atoms in total. The molecule has 5 heteroatoms. The lowest BCUT2D eigenvalue weighted by atomic mass is 10.1. The van der Waals surface area contributed by atoms with Crippen LogP contribution in [0.15, 0.2) is 24.3 Å². The van der Waals surface area contributed by atoms with Gasteiger partial charge < -0.3 is 14.7 Å². The van der Waals surface area contributed by atoms with Crippen molar-refractivity contribution >= 4 is 5.91 Å². The van der Waals surface area contributed by atoms with Crippen LogP contribution in [0, 0.1) is 5.92 Å². The number of benzene rings is 1. The summed E-state index contributed by atoms with van der Waals surface area (Å²) in [6.07, 6.45) is 3.22. The minimum atomic E-state index is 0.210. The van der Waals surface area contributed by atoms with Gasteiger partial charge in [-0.2, -0.15) is 0 Å². The Balaban J connectivity index is 1.58. The highest BCUT2D eigenvalue weighted by molar-refractivity contribution is 5.79. The van der Waals surface area contributed by atoms with Gasteiger partial charge >= 0.3 is 0 Å². The maximum absolute atomic E-state index is 12.7. The first-order valence-electron chi connectivity index (χ1n) is 8.45. The van der Waals surface area contributed by atoms with Crippen LogP contribution in [0.2, 0.25) is 0 Å². The fourth-order valence-electron chi connectivity index (χ4n) is 3.22. The number of hydrogen-bond acceptors (Lipinski definition) is 4. The lowest BCUT2D eigenvalue weighted by Gasteiger charge is -2.25. The molecular formula is C18H26N2O3. The van der Waals surface area contributed by atoms with Crippen LogP contribution in [-0.2, 0) is 11.3 Å². The average Bonchev–Trinajstić information content (AvgIpc) is 3.32. The van der Waals surface area contributed by atoms with Gasteiger partial charge in [0.15, 0.2) is 0 Å². The lowest BCUT2D eigenvalue weighted by molar-refractivity contribution is -0.133. The molecule has 23 heavy (non-hydrogen) atoms. The van der Waals surface area contributed by atoms with E-state index in [4.69, 9.17) is 4.74 Å². The Kier molecular flexibility index (Phi) is 5.18. The number of aliphatic hydroxyl groups excluding tert-OH is 1. The molecule has 1 heterocycles. The molecule has 0 aromatic heterocycles. The Bertz CT molecular complexity index is 528. The van der Waals surface area contributed by atoms with Crippen molar-refractivity contribution in [3.8, 4) is 5.75 Å². The number of likely N-dealkylation sites (tertiary alicyclic amines) is 1. The van der Waals surface area contributed by atoms with Crippen molar-refractivity contribution in [2.24, 2.45) is 5.92 Å². The van der Waals surface area contributed by atoms with Gasteiger partial charge in [-0.3, -0.25) is 9.69 Å². The molecule has 3 rings (SSSR count). The summed E-state index contributed by atoms with van der Waals surface area (Å²) in [5.41, 5.74) is 1.14. The van der Waals surface area contributed by atoms with E-state index in [1.54, 1.807) is 7.11 Å². The zero-order valence-corrected chi connectivity index (χ0v) is 13.8. The largest absolute Gasteiger partial charge is 0.497 e. The molecule has 1 atom stereocenters. The van der Waals surface area contributed by atoms with E-state index in [0.29, 0.717) is 25.0 Å². The van der Waals surface area contributed by atoms with Crippen LogP contribution in [0.3, 0.4) is 0 Å². The Hall–Kier alpha value is -1.59. The molecule has 1 unspecified atom stereocenters. The van der Waals surface area contributed by atoms with Gasteiger partial charge in [-0.15, -0.1) is 0 Å². The van der Waals surface area contributed by atoms with Crippen molar-refractivity contribution in [3.63, 3.8) is 0 Å². The van der Waals surface area contributed by atoms with E-state index in [1.807, 2.05) is 29.2 Å². The van der Waals surface area contributed by atoms with E-state index in [2.05, 4.69) is 4.90 Å². The maximum atomic E-state index is 12.7. The standard InChI is InChI=1S/C18H26N2O3/c1-23-17-6-2-14(3-7-17)11-20(16-4-5-16)18(22)12-19-9-8-15(10-19)13-21/h2-3,6-7,15-16,21H,4-5,8-13H2,1H3. The third kappa shape index (κ3) is 4.24. The maximum Gasteiger partial charge on any atom is 0.237 e. The van der Waals surface area contributed by atoms with Crippen molar-refractivity contribution in [1.29, 1.82) is 0 Å². The number of carbonyl (C=O) groups excluding carboxylic acids is 1. The summed E-state index contributed by atoms with van der Waals surface area (Å²) in [5, 5.41) is 9.23. The molecule has 1 aromatic rings. The highest BCUT2D eigenvalue weighted by Crippen LogP contribution is 2.29. The summed E-state index contributed by atoms with van der Waals surface area (Å²) >= 11 is 0. The molecule has 126 valence electrons. The Morgan fingerprint density at radius 3 is 2.61 bits per heavy atom. The second kappa shape index (κ2) is 7.32. The summed E-state index contributed by atoms with van der Waals surface area (Å²) in [6.45, 7) is 3.12. The molecule has 1 amide bonds. The zero-order chi connectivity index (χ0) is 16.2. The third-order valence-electron chi connectivity index (χ3n) is 4.81. The van der Waals surface area contributed by atoms with E-state index in [0.717, 1.165) is 43.7 Å². The average molecular weight is 318 g/mol. The van der Waals surface area contributed by atoms with Crippen molar-refractivity contribution in [2.45, 2.75) is 31.8 Å². The fourth-order valence-corrected chi connectivity index (χ4v) is 3.22. The quantitative estimate of drug-likeness (QED) is 0.828. The number of aliphatic hydroxyl groups is 1. The molecule has 2 aliphatic rings. The summed E-state index contributed by atoms with van der Waals surface area (Å²) in [7, 11) is 1.66. The van der Waals surface area contributed by atoms with Gasteiger partial charge in [0.25, 0.3) is 0 Å². The normalized spacial score (nSPS) is 21.4. The lowest BCUT2D eigenvalue weighted by Crippen LogP contribution is -2.40. The molecular weight excluding hydrogens is 292 g/mol. The van der Waals surface area contributed by atoms with Gasteiger partial charge in [0, 0.05) is 25.7 Å². The molecule has 1 saturated heterocycles.